The van der Waals surface area contributed by atoms with Gasteiger partial charge in [-0.05, 0) is 63.6 Å². The van der Waals surface area contributed by atoms with Gasteiger partial charge in [-0.1, -0.05) is 105 Å². The van der Waals surface area contributed by atoms with Crippen molar-refractivity contribution in [2.45, 2.75) is 25.7 Å². The van der Waals surface area contributed by atoms with Crippen molar-refractivity contribution in [2.24, 2.45) is 0 Å². The third-order valence-corrected chi connectivity index (χ3v) is 6.73. The van der Waals surface area contributed by atoms with E-state index in [1.165, 1.54) is 27.8 Å². The van der Waals surface area contributed by atoms with Crippen LogP contribution in [-0.2, 0) is 5.41 Å². The maximum atomic E-state index is 4.21. The lowest BCUT2D eigenvalue weighted by atomic mass is 9.82. The van der Waals surface area contributed by atoms with E-state index in [1.54, 1.807) is 0 Å². The van der Waals surface area contributed by atoms with Crippen molar-refractivity contribution in [3.8, 4) is 11.1 Å². The normalized spacial score (nSPS) is 15.4. The Hall–Kier alpha value is -4.06. The average molecular weight is 440 g/mol. The van der Waals surface area contributed by atoms with Gasteiger partial charge in [-0.25, -0.2) is 0 Å². The third kappa shape index (κ3) is 4.15. The van der Waals surface area contributed by atoms with Gasteiger partial charge >= 0.3 is 0 Å². The SMILES string of the molecule is C=C(/C=C\CC1=C(Nc2ccc3c(c2)C(C)(C)c2ccccc2-3)C=C=CC=C1)c1ccccc1. The highest BCUT2D eigenvalue weighted by Gasteiger charge is 2.35. The molecule has 0 saturated carbocycles. The van der Waals surface area contributed by atoms with E-state index in [9.17, 15) is 0 Å². The van der Waals surface area contributed by atoms with Crippen LogP contribution in [0.15, 0.2) is 133 Å². The molecule has 0 amide bonds. The van der Waals surface area contributed by atoms with Gasteiger partial charge in [-0.15, -0.1) is 5.73 Å². The van der Waals surface area contributed by atoms with E-state index in [0.717, 1.165) is 28.9 Å². The van der Waals surface area contributed by atoms with Gasteiger partial charge in [-0.3, -0.25) is 0 Å². The zero-order valence-corrected chi connectivity index (χ0v) is 19.8. The molecule has 0 atom stereocenters. The van der Waals surface area contributed by atoms with Crippen molar-refractivity contribution < 1.29 is 0 Å². The molecule has 34 heavy (non-hydrogen) atoms. The molecular weight excluding hydrogens is 410 g/mol. The van der Waals surface area contributed by atoms with E-state index >= 15 is 0 Å². The molecule has 0 radical (unpaired) electrons. The third-order valence-electron chi connectivity index (χ3n) is 6.73. The number of rotatable bonds is 6. The molecular formula is C33H29N. The van der Waals surface area contributed by atoms with Crippen molar-refractivity contribution in [1.29, 1.82) is 0 Å². The smallest absolute Gasteiger partial charge is 0.0498 e. The van der Waals surface area contributed by atoms with Crippen molar-refractivity contribution in [3.05, 3.63) is 150 Å². The number of benzene rings is 3. The van der Waals surface area contributed by atoms with Crippen LogP contribution in [0.25, 0.3) is 16.7 Å². The molecule has 166 valence electrons. The minimum Gasteiger partial charge on any atom is -0.355 e. The maximum absolute atomic E-state index is 4.21. The summed E-state index contributed by atoms with van der Waals surface area (Å²) in [4.78, 5) is 0. The molecule has 0 aliphatic heterocycles. The van der Waals surface area contributed by atoms with Crippen LogP contribution in [0, 0.1) is 0 Å². The fourth-order valence-corrected chi connectivity index (χ4v) is 4.84. The lowest BCUT2D eigenvalue weighted by Crippen LogP contribution is -2.15. The van der Waals surface area contributed by atoms with Gasteiger partial charge in [0.15, 0.2) is 0 Å². The Morgan fingerprint density at radius 3 is 2.56 bits per heavy atom. The zero-order chi connectivity index (χ0) is 23.5. The molecule has 0 heterocycles. The fourth-order valence-electron chi connectivity index (χ4n) is 4.84. The number of hydrogen-bond acceptors (Lipinski definition) is 1. The van der Waals surface area contributed by atoms with Crippen molar-refractivity contribution in [2.75, 3.05) is 5.32 Å². The number of fused-ring (bicyclic) bond motifs is 3. The summed E-state index contributed by atoms with van der Waals surface area (Å²) in [7, 11) is 0. The number of allylic oxidation sites excluding steroid dienone is 7. The first-order valence-corrected chi connectivity index (χ1v) is 11.8. The summed E-state index contributed by atoms with van der Waals surface area (Å²) in [5, 5.41) is 3.67. The van der Waals surface area contributed by atoms with E-state index in [2.05, 4.69) is 104 Å². The number of hydrogen-bond donors (Lipinski definition) is 1. The minimum atomic E-state index is -0.0134. The first-order chi connectivity index (χ1) is 16.5. The van der Waals surface area contributed by atoms with Gasteiger partial charge in [0.25, 0.3) is 0 Å². The molecule has 1 nitrogen and oxygen atoms in total. The van der Waals surface area contributed by atoms with Crippen LogP contribution in [0.5, 0.6) is 0 Å². The first kappa shape index (κ1) is 21.8. The number of anilines is 1. The van der Waals surface area contributed by atoms with Crippen LogP contribution in [0.2, 0.25) is 0 Å². The van der Waals surface area contributed by atoms with Gasteiger partial charge < -0.3 is 5.32 Å². The highest BCUT2D eigenvalue weighted by Crippen LogP contribution is 2.49. The summed E-state index contributed by atoms with van der Waals surface area (Å²) in [6, 6.07) is 25.8. The molecule has 0 fully saturated rings. The van der Waals surface area contributed by atoms with Gasteiger partial charge in [-0.2, -0.15) is 0 Å². The second-order valence-electron chi connectivity index (χ2n) is 9.33. The Morgan fingerprint density at radius 2 is 1.71 bits per heavy atom. The van der Waals surface area contributed by atoms with Crippen LogP contribution in [-0.4, -0.2) is 0 Å². The van der Waals surface area contributed by atoms with E-state index in [4.69, 9.17) is 0 Å². The van der Waals surface area contributed by atoms with E-state index in [0.29, 0.717) is 0 Å². The predicted molar refractivity (Wildman–Crippen MR) is 146 cm³/mol. The summed E-state index contributed by atoms with van der Waals surface area (Å²) in [5.41, 5.74) is 14.2. The Balaban J connectivity index is 1.41. The van der Waals surface area contributed by atoms with Gasteiger partial charge in [0, 0.05) is 22.9 Å². The molecule has 0 unspecified atom stereocenters. The first-order valence-electron chi connectivity index (χ1n) is 11.8. The van der Waals surface area contributed by atoms with Crippen LogP contribution in [0.4, 0.5) is 5.69 Å². The molecule has 0 bridgehead atoms. The molecule has 0 saturated heterocycles. The predicted octanol–water partition coefficient (Wildman–Crippen LogP) is 8.60. The van der Waals surface area contributed by atoms with Gasteiger partial charge in [0.05, 0.1) is 0 Å². The van der Waals surface area contributed by atoms with Crippen LogP contribution in [0.1, 0.15) is 37.0 Å². The topological polar surface area (TPSA) is 12.0 Å². The van der Waals surface area contributed by atoms with E-state index in [1.807, 2.05) is 36.4 Å². The Kier molecular flexibility index (Phi) is 5.80. The average Bonchev–Trinajstić information content (AvgIpc) is 2.97. The molecule has 3 aromatic rings. The monoisotopic (exact) mass is 439 g/mol. The van der Waals surface area contributed by atoms with Gasteiger partial charge in [0.1, 0.15) is 0 Å². The second kappa shape index (κ2) is 9.06. The van der Waals surface area contributed by atoms with Gasteiger partial charge in [0.2, 0.25) is 0 Å². The molecule has 0 aromatic heterocycles. The summed E-state index contributed by atoms with van der Waals surface area (Å²) < 4.78 is 0. The number of nitrogens with one attached hydrogen (secondary N) is 1. The molecule has 1 N–H and O–H groups in total. The van der Waals surface area contributed by atoms with Crippen molar-refractivity contribution in [1.82, 2.24) is 0 Å². The largest absolute Gasteiger partial charge is 0.355 e. The van der Waals surface area contributed by atoms with Crippen LogP contribution in [0.3, 0.4) is 0 Å². The van der Waals surface area contributed by atoms with Crippen molar-refractivity contribution >= 4 is 11.3 Å². The summed E-state index contributed by atoms with van der Waals surface area (Å²) >= 11 is 0. The lowest BCUT2D eigenvalue weighted by molar-refractivity contribution is 0.660. The summed E-state index contributed by atoms with van der Waals surface area (Å²) in [5.74, 6) is 0. The maximum Gasteiger partial charge on any atom is 0.0498 e. The highest BCUT2D eigenvalue weighted by molar-refractivity contribution is 5.82. The van der Waals surface area contributed by atoms with Crippen LogP contribution < -0.4 is 5.32 Å². The molecule has 2 aliphatic carbocycles. The quantitative estimate of drug-likeness (QED) is 0.299. The molecule has 2 aliphatic rings. The fraction of sp³-hybridized carbons (Fsp3) is 0.121. The molecule has 3 aromatic carbocycles. The molecule has 0 spiro atoms. The Morgan fingerprint density at radius 1 is 0.941 bits per heavy atom. The summed E-state index contributed by atoms with van der Waals surface area (Å²) in [6.07, 6.45) is 13.3. The zero-order valence-electron chi connectivity index (χ0n) is 19.8. The standard InChI is InChI=1S/C33H29N/c1-24(25-14-6-4-7-15-25)13-12-17-26-16-8-5-9-20-32(26)34-27-21-22-29-28-18-10-11-19-30(28)33(2,3)31(29)23-27/h4-8,10-16,18-23,34H,1,17H2,2-3H3/b13-12-. The van der Waals surface area contributed by atoms with E-state index < -0.39 is 0 Å². The summed E-state index contributed by atoms with van der Waals surface area (Å²) in [6.45, 7) is 8.84. The Bertz CT molecular complexity index is 1400. The lowest BCUT2D eigenvalue weighted by Gasteiger charge is -2.22. The molecule has 1 heteroatoms. The van der Waals surface area contributed by atoms with Crippen LogP contribution >= 0.6 is 0 Å². The highest BCUT2D eigenvalue weighted by atomic mass is 14.9. The minimum absolute atomic E-state index is 0.0134. The molecule has 5 rings (SSSR count). The van der Waals surface area contributed by atoms with Crippen molar-refractivity contribution in [3.63, 3.8) is 0 Å². The second-order valence-corrected chi connectivity index (χ2v) is 9.33. The Labute approximate surface area is 202 Å². The van der Waals surface area contributed by atoms with E-state index in [-0.39, 0.29) is 5.41 Å².